The van der Waals surface area contributed by atoms with Crippen LogP contribution in [0.1, 0.15) is 12.5 Å². The molecule has 2 rings (SSSR count). The zero-order chi connectivity index (χ0) is 21.1. The summed E-state index contributed by atoms with van der Waals surface area (Å²) in [7, 11) is -2.74. The van der Waals surface area contributed by atoms with Crippen molar-refractivity contribution in [2.75, 3.05) is 12.4 Å². The van der Waals surface area contributed by atoms with Crippen LogP contribution in [0.3, 0.4) is 0 Å². The van der Waals surface area contributed by atoms with Gasteiger partial charge in [-0.2, -0.15) is 17.9 Å². The van der Waals surface area contributed by atoms with E-state index in [-0.39, 0.29) is 21.4 Å². The number of carbonyl (C=O) groups is 1. The number of rotatable bonds is 6. The highest BCUT2D eigenvalue weighted by Gasteiger charge is 2.30. The second kappa shape index (κ2) is 8.38. The zero-order valence-electron chi connectivity index (χ0n) is 14.7. The molecule has 152 valence electrons. The summed E-state index contributed by atoms with van der Waals surface area (Å²) in [5, 5.41) is 2.31. The predicted octanol–water partition coefficient (Wildman–Crippen LogP) is 3.67. The Kier molecular flexibility index (Phi) is 6.58. The summed E-state index contributed by atoms with van der Waals surface area (Å²) in [6.45, 7) is 1.26. The number of alkyl halides is 3. The van der Waals surface area contributed by atoms with Crippen molar-refractivity contribution in [3.8, 4) is 5.75 Å². The minimum atomic E-state index is -4.57. The molecule has 0 fully saturated rings. The topological polar surface area (TPSA) is 84.5 Å². The summed E-state index contributed by atoms with van der Waals surface area (Å²) in [5.74, 6) is -0.557. The van der Waals surface area contributed by atoms with Crippen molar-refractivity contribution in [1.29, 1.82) is 0 Å². The van der Waals surface area contributed by atoms with E-state index in [2.05, 4.69) is 10.0 Å². The van der Waals surface area contributed by atoms with Gasteiger partial charge in [0.25, 0.3) is 0 Å². The Morgan fingerprint density at radius 1 is 1.18 bits per heavy atom. The van der Waals surface area contributed by atoms with Gasteiger partial charge in [0.2, 0.25) is 15.9 Å². The van der Waals surface area contributed by atoms with Crippen molar-refractivity contribution < 1.29 is 31.1 Å². The molecule has 0 unspecified atom stereocenters. The minimum Gasteiger partial charge on any atom is -0.495 e. The standard InChI is InChI=1S/C17H16ClF3N2O4S/c1-10(16(24)22-12-5-3-4-11(8-12)17(19,20)21)23-28(25,26)13-6-7-15(27-2)14(18)9-13/h3-10,23H,1-2H3,(H,22,24)/t10-/m1/s1. The third kappa shape index (κ3) is 5.37. The number of carbonyl (C=O) groups excluding carboxylic acids is 1. The molecule has 28 heavy (non-hydrogen) atoms. The van der Waals surface area contributed by atoms with Crippen molar-refractivity contribution >= 4 is 33.2 Å². The van der Waals surface area contributed by atoms with Crippen LogP contribution in [0.4, 0.5) is 18.9 Å². The van der Waals surface area contributed by atoms with Gasteiger partial charge in [-0.05, 0) is 43.3 Å². The number of sulfonamides is 1. The van der Waals surface area contributed by atoms with E-state index in [4.69, 9.17) is 16.3 Å². The lowest BCUT2D eigenvalue weighted by molar-refractivity contribution is -0.137. The van der Waals surface area contributed by atoms with Gasteiger partial charge in [0, 0.05) is 5.69 Å². The Morgan fingerprint density at radius 2 is 1.86 bits per heavy atom. The number of benzene rings is 2. The normalized spacial score (nSPS) is 13.1. The molecular formula is C17H16ClF3N2O4S. The molecule has 0 heterocycles. The molecule has 11 heteroatoms. The molecule has 0 aliphatic carbocycles. The predicted molar refractivity (Wildman–Crippen MR) is 97.9 cm³/mol. The third-order valence-corrected chi connectivity index (χ3v) is 5.45. The average Bonchev–Trinajstić information content (AvgIpc) is 2.60. The lowest BCUT2D eigenvalue weighted by Gasteiger charge is -2.16. The molecule has 0 spiro atoms. The molecule has 6 nitrogen and oxygen atoms in total. The van der Waals surface area contributed by atoms with E-state index in [1.807, 2.05) is 0 Å². The second-order valence-corrected chi connectivity index (χ2v) is 7.83. The maximum atomic E-state index is 12.7. The fourth-order valence-electron chi connectivity index (χ4n) is 2.19. The van der Waals surface area contributed by atoms with E-state index in [0.29, 0.717) is 0 Å². The van der Waals surface area contributed by atoms with Crippen LogP contribution >= 0.6 is 11.6 Å². The highest BCUT2D eigenvalue weighted by molar-refractivity contribution is 7.89. The van der Waals surface area contributed by atoms with Crippen LogP contribution in [-0.2, 0) is 21.0 Å². The first kappa shape index (κ1) is 22.0. The zero-order valence-corrected chi connectivity index (χ0v) is 16.2. The first-order chi connectivity index (χ1) is 12.9. The van der Waals surface area contributed by atoms with Gasteiger partial charge in [-0.3, -0.25) is 4.79 Å². The van der Waals surface area contributed by atoms with Crippen molar-refractivity contribution in [3.63, 3.8) is 0 Å². The van der Waals surface area contributed by atoms with Crippen molar-refractivity contribution in [2.45, 2.75) is 24.0 Å². The van der Waals surface area contributed by atoms with E-state index in [1.165, 1.54) is 32.2 Å². The molecule has 0 aromatic heterocycles. The van der Waals surface area contributed by atoms with E-state index in [9.17, 15) is 26.4 Å². The molecule has 1 amide bonds. The smallest absolute Gasteiger partial charge is 0.416 e. The molecule has 0 saturated carbocycles. The van der Waals surface area contributed by atoms with E-state index in [0.717, 1.165) is 24.3 Å². The third-order valence-electron chi connectivity index (χ3n) is 3.62. The highest BCUT2D eigenvalue weighted by Crippen LogP contribution is 2.31. The number of anilines is 1. The maximum absolute atomic E-state index is 12.7. The Morgan fingerprint density at radius 3 is 2.43 bits per heavy atom. The number of halogens is 4. The van der Waals surface area contributed by atoms with Gasteiger partial charge in [0.15, 0.2) is 0 Å². The first-order valence-corrected chi connectivity index (χ1v) is 9.64. The van der Waals surface area contributed by atoms with Crippen LogP contribution in [0.15, 0.2) is 47.4 Å². The molecule has 2 aromatic carbocycles. The molecule has 2 aromatic rings. The van der Waals surface area contributed by atoms with Crippen LogP contribution in [0, 0.1) is 0 Å². The molecule has 0 radical (unpaired) electrons. The minimum absolute atomic E-state index is 0.0615. The summed E-state index contributed by atoms with van der Waals surface area (Å²) < 4.78 is 70.1. The van der Waals surface area contributed by atoms with E-state index in [1.54, 1.807) is 0 Å². The Labute approximate surface area is 164 Å². The summed E-state index contributed by atoms with van der Waals surface area (Å²) >= 11 is 5.91. The number of nitrogens with one attached hydrogen (secondary N) is 2. The number of hydrogen-bond donors (Lipinski definition) is 2. The number of ether oxygens (including phenoxy) is 1. The number of methoxy groups -OCH3 is 1. The number of hydrogen-bond acceptors (Lipinski definition) is 4. The van der Waals surface area contributed by atoms with Gasteiger partial charge < -0.3 is 10.1 Å². The van der Waals surface area contributed by atoms with Crippen LogP contribution in [0.25, 0.3) is 0 Å². The summed E-state index contributed by atoms with van der Waals surface area (Å²) in [4.78, 5) is 12.0. The van der Waals surface area contributed by atoms with Gasteiger partial charge in [0.1, 0.15) is 5.75 Å². The van der Waals surface area contributed by atoms with Crippen LogP contribution in [-0.4, -0.2) is 27.5 Å². The van der Waals surface area contributed by atoms with E-state index >= 15 is 0 Å². The van der Waals surface area contributed by atoms with Crippen molar-refractivity contribution in [3.05, 3.63) is 53.1 Å². The SMILES string of the molecule is COc1ccc(S(=O)(=O)N[C@H](C)C(=O)Nc2cccc(C(F)(F)F)c2)cc1Cl. The van der Waals surface area contributed by atoms with Crippen molar-refractivity contribution in [1.82, 2.24) is 4.72 Å². The Bertz CT molecular complexity index is 981. The Balaban J connectivity index is 2.12. The molecule has 0 aliphatic rings. The summed E-state index contributed by atoms with van der Waals surface area (Å²) in [6, 6.07) is 6.48. The quantitative estimate of drug-likeness (QED) is 0.723. The van der Waals surface area contributed by atoms with Gasteiger partial charge in [-0.1, -0.05) is 17.7 Å². The molecule has 0 bridgehead atoms. The van der Waals surface area contributed by atoms with Gasteiger partial charge >= 0.3 is 6.18 Å². The number of amides is 1. The first-order valence-electron chi connectivity index (χ1n) is 7.78. The summed E-state index contributed by atoms with van der Waals surface area (Å²) in [5.41, 5.74) is -1.05. The lowest BCUT2D eigenvalue weighted by atomic mass is 10.2. The molecule has 0 saturated heterocycles. The second-order valence-electron chi connectivity index (χ2n) is 5.71. The summed E-state index contributed by atoms with van der Waals surface area (Å²) in [6.07, 6.45) is -4.57. The average molecular weight is 437 g/mol. The molecule has 1 atom stereocenters. The van der Waals surface area contributed by atoms with Gasteiger partial charge in [0.05, 0.1) is 28.6 Å². The Hall–Kier alpha value is -2.30. The van der Waals surface area contributed by atoms with Gasteiger partial charge in [-0.25, -0.2) is 8.42 Å². The van der Waals surface area contributed by atoms with Crippen LogP contribution in [0.2, 0.25) is 5.02 Å². The van der Waals surface area contributed by atoms with Gasteiger partial charge in [-0.15, -0.1) is 0 Å². The van der Waals surface area contributed by atoms with Crippen molar-refractivity contribution in [2.24, 2.45) is 0 Å². The maximum Gasteiger partial charge on any atom is 0.416 e. The monoisotopic (exact) mass is 436 g/mol. The lowest BCUT2D eigenvalue weighted by Crippen LogP contribution is -2.41. The largest absolute Gasteiger partial charge is 0.495 e. The fraction of sp³-hybridized carbons (Fsp3) is 0.235. The highest BCUT2D eigenvalue weighted by atomic mass is 35.5. The molecule has 2 N–H and O–H groups in total. The molecule has 0 aliphatic heterocycles. The van der Waals surface area contributed by atoms with Crippen LogP contribution in [0.5, 0.6) is 5.75 Å². The fourth-order valence-corrected chi connectivity index (χ4v) is 3.74. The van der Waals surface area contributed by atoms with E-state index < -0.39 is 33.7 Å². The van der Waals surface area contributed by atoms with Crippen LogP contribution < -0.4 is 14.8 Å². The molecular weight excluding hydrogens is 421 g/mol.